The largest absolute Gasteiger partial charge is 0.369 e. The van der Waals surface area contributed by atoms with Crippen molar-refractivity contribution in [3.63, 3.8) is 0 Å². The molecule has 2 N–H and O–H groups in total. The summed E-state index contributed by atoms with van der Waals surface area (Å²) < 4.78 is 23.6. The molecular weight excluding hydrogens is 356 g/mol. The van der Waals surface area contributed by atoms with Crippen LogP contribution in [0.25, 0.3) is 0 Å². The van der Waals surface area contributed by atoms with E-state index in [1.165, 1.54) is 12.6 Å². The fourth-order valence-corrected chi connectivity index (χ4v) is 2.74. The fraction of sp³-hybridized carbons (Fsp3) is 0.231. The summed E-state index contributed by atoms with van der Waals surface area (Å²) in [4.78, 5) is 8.57. The molecule has 1 aromatic carbocycles. The second-order valence-electron chi connectivity index (χ2n) is 4.34. The van der Waals surface area contributed by atoms with Gasteiger partial charge in [0.05, 0.1) is 4.90 Å². The van der Waals surface area contributed by atoms with Crippen molar-refractivity contribution in [3.8, 4) is 0 Å². The van der Waals surface area contributed by atoms with Crippen LogP contribution in [0.1, 0.15) is 6.92 Å². The van der Waals surface area contributed by atoms with Crippen LogP contribution >= 0.6 is 15.9 Å². The molecule has 0 aliphatic rings. The normalized spacial score (nSPS) is 11.2. The first kappa shape index (κ1) is 15.7. The monoisotopic (exact) mass is 370 g/mol. The molecule has 0 bridgehead atoms. The van der Waals surface area contributed by atoms with Crippen LogP contribution in [0.3, 0.4) is 0 Å². The first-order valence-corrected chi connectivity index (χ1v) is 8.91. The highest BCUT2D eigenvalue weighted by Crippen LogP contribution is 2.29. The number of nitrogens with one attached hydrogen (secondary N) is 2. The van der Waals surface area contributed by atoms with Crippen LogP contribution in [0.15, 0.2) is 40.0 Å². The molecule has 1 heterocycles. The topological polar surface area (TPSA) is 84.0 Å². The predicted molar refractivity (Wildman–Crippen MR) is 86.7 cm³/mol. The number of benzene rings is 1. The molecular formula is C13H15BrN4O2S. The Morgan fingerprint density at radius 1 is 1.14 bits per heavy atom. The average Bonchev–Trinajstić information content (AvgIpc) is 2.43. The highest BCUT2D eigenvalue weighted by molar-refractivity contribution is 9.10. The van der Waals surface area contributed by atoms with Crippen LogP contribution in [-0.2, 0) is 9.84 Å². The van der Waals surface area contributed by atoms with Crippen LogP contribution in [0.5, 0.6) is 0 Å². The standard InChI is InChI=1S/C13H15BrN4O2S/c1-3-15-12-11(14)13(17-8-16-12)18-9-4-6-10(7-5-9)21(2,19)20/h4-8H,3H2,1-2H3,(H2,15,16,17,18). The maximum atomic E-state index is 11.4. The lowest BCUT2D eigenvalue weighted by molar-refractivity contribution is 0.602. The third-order valence-electron chi connectivity index (χ3n) is 2.68. The van der Waals surface area contributed by atoms with E-state index >= 15 is 0 Å². The SMILES string of the molecule is CCNc1ncnc(Nc2ccc(S(C)(=O)=O)cc2)c1Br. The van der Waals surface area contributed by atoms with Gasteiger partial charge in [-0.1, -0.05) is 0 Å². The molecule has 0 fully saturated rings. The van der Waals surface area contributed by atoms with Gasteiger partial charge in [-0.3, -0.25) is 0 Å². The van der Waals surface area contributed by atoms with Gasteiger partial charge in [0.1, 0.15) is 22.4 Å². The van der Waals surface area contributed by atoms with Crippen molar-refractivity contribution in [1.29, 1.82) is 0 Å². The zero-order chi connectivity index (χ0) is 15.5. The summed E-state index contributed by atoms with van der Waals surface area (Å²) in [6.07, 6.45) is 2.63. The molecule has 0 saturated carbocycles. The van der Waals surface area contributed by atoms with E-state index in [1.807, 2.05) is 6.92 Å². The molecule has 0 aliphatic heterocycles. The summed E-state index contributed by atoms with van der Waals surface area (Å²) in [5.41, 5.74) is 0.740. The second kappa shape index (κ2) is 6.40. The lowest BCUT2D eigenvalue weighted by Crippen LogP contribution is -2.04. The third kappa shape index (κ3) is 3.92. The average molecular weight is 371 g/mol. The van der Waals surface area contributed by atoms with Crippen LogP contribution in [-0.4, -0.2) is 31.2 Å². The number of nitrogens with zero attached hydrogens (tertiary/aromatic N) is 2. The molecule has 0 radical (unpaired) electrons. The van der Waals surface area contributed by atoms with Crippen LogP contribution < -0.4 is 10.6 Å². The molecule has 0 unspecified atom stereocenters. The summed E-state index contributed by atoms with van der Waals surface area (Å²) in [5, 5.41) is 6.23. The van der Waals surface area contributed by atoms with Crippen molar-refractivity contribution in [1.82, 2.24) is 9.97 Å². The Morgan fingerprint density at radius 3 is 2.33 bits per heavy atom. The number of sulfone groups is 1. The number of halogens is 1. The van der Waals surface area contributed by atoms with Gasteiger partial charge in [0.25, 0.3) is 0 Å². The van der Waals surface area contributed by atoms with Crippen molar-refractivity contribution in [2.75, 3.05) is 23.4 Å². The van der Waals surface area contributed by atoms with Gasteiger partial charge < -0.3 is 10.6 Å². The van der Waals surface area contributed by atoms with Crippen LogP contribution in [0, 0.1) is 0 Å². The van der Waals surface area contributed by atoms with E-state index in [4.69, 9.17) is 0 Å². The maximum Gasteiger partial charge on any atom is 0.175 e. The van der Waals surface area contributed by atoms with E-state index in [-0.39, 0.29) is 4.90 Å². The molecule has 2 rings (SSSR count). The van der Waals surface area contributed by atoms with E-state index in [0.717, 1.165) is 16.7 Å². The third-order valence-corrected chi connectivity index (χ3v) is 4.56. The van der Waals surface area contributed by atoms with Gasteiger partial charge in [0.2, 0.25) is 0 Å². The number of anilines is 3. The van der Waals surface area contributed by atoms with E-state index in [2.05, 4.69) is 36.5 Å². The summed E-state index contributed by atoms with van der Waals surface area (Å²) in [7, 11) is -3.19. The number of hydrogen-bond acceptors (Lipinski definition) is 6. The molecule has 0 saturated heterocycles. The van der Waals surface area contributed by atoms with Gasteiger partial charge in [-0.05, 0) is 47.1 Å². The number of rotatable bonds is 5. The van der Waals surface area contributed by atoms with Gasteiger partial charge >= 0.3 is 0 Å². The Bertz CT molecular complexity index is 732. The van der Waals surface area contributed by atoms with E-state index in [0.29, 0.717) is 11.6 Å². The molecule has 1 aromatic heterocycles. The Kier molecular flexibility index (Phi) is 4.79. The molecule has 0 amide bonds. The Hall–Kier alpha value is -1.67. The minimum Gasteiger partial charge on any atom is -0.369 e. The molecule has 0 aliphatic carbocycles. The fourth-order valence-electron chi connectivity index (χ4n) is 1.67. The maximum absolute atomic E-state index is 11.4. The highest BCUT2D eigenvalue weighted by Gasteiger charge is 2.09. The first-order chi connectivity index (χ1) is 9.91. The van der Waals surface area contributed by atoms with Gasteiger partial charge in [-0.15, -0.1) is 0 Å². The summed E-state index contributed by atoms with van der Waals surface area (Å²) >= 11 is 3.44. The smallest absolute Gasteiger partial charge is 0.175 e. The summed E-state index contributed by atoms with van der Waals surface area (Å²) in [5.74, 6) is 1.30. The van der Waals surface area contributed by atoms with Gasteiger partial charge in [0.15, 0.2) is 9.84 Å². The zero-order valence-corrected chi connectivity index (χ0v) is 14.0. The van der Waals surface area contributed by atoms with Crippen molar-refractivity contribution < 1.29 is 8.42 Å². The number of aromatic nitrogens is 2. The van der Waals surface area contributed by atoms with Crippen LogP contribution in [0.2, 0.25) is 0 Å². The first-order valence-electron chi connectivity index (χ1n) is 6.23. The van der Waals surface area contributed by atoms with Crippen molar-refractivity contribution in [3.05, 3.63) is 35.1 Å². The summed E-state index contributed by atoms with van der Waals surface area (Å²) in [6.45, 7) is 2.73. The van der Waals surface area contributed by atoms with E-state index in [1.54, 1.807) is 24.3 Å². The lowest BCUT2D eigenvalue weighted by atomic mass is 10.3. The Morgan fingerprint density at radius 2 is 1.76 bits per heavy atom. The molecule has 8 heteroatoms. The Labute approximate surface area is 132 Å². The molecule has 21 heavy (non-hydrogen) atoms. The Balaban J connectivity index is 2.24. The van der Waals surface area contributed by atoms with Gasteiger partial charge in [-0.25, -0.2) is 18.4 Å². The molecule has 112 valence electrons. The zero-order valence-electron chi connectivity index (χ0n) is 11.6. The summed E-state index contributed by atoms with van der Waals surface area (Å²) in [6, 6.07) is 6.49. The van der Waals surface area contributed by atoms with Crippen LogP contribution in [0.4, 0.5) is 17.3 Å². The highest BCUT2D eigenvalue weighted by atomic mass is 79.9. The molecule has 0 atom stereocenters. The van der Waals surface area contributed by atoms with Crippen molar-refractivity contribution >= 4 is 43.1 Å². The van der Waals surface area contributed by atoms with Gasteiger partial charge in [-0.2, -0.15) is 0 Å². The van der Waals surface area contributed by atoms with E-state index in [9.17, 15) is 8.42 Å². The molecule has 0 spiro atoms. The van der Waals surface area contributed by atoms with Gasteiger partial charge in [0, 0.05) is 18.5 Å². The lowest BCUT2D eigenvalue weighted by Gasteiger charge is -2.11. The van der Waals surface area contributed by atoms with E-state index < -0.39 is 9.84 Å². The number of hydrogen-bond donors (Lipinski definition) is 2. The predicted octanol–water partition coefficient (Wildman–Crippen LogP) is 2.82. The quantitative estimate of drug-likeness (QED) is 0.841. The van der Waals surface area contributed by atoms with Crippen molar-refractivity contribution in [2.24, 2.45) is 0 Å². The molecule has 6 nitrogen and oxygen atoms in total. The minimum atomic E-state index is -3.19. The molecule has 2 aromatic rings. The second-order valence-corrected chi connectivity index (χ2v) is 7.15. The van der Waals surface area contributed by atoms with Crippen molar-refractivity contribution in [2.45, 2.75) is 11.8 Å². The minimum absolute atomic E-state index is 0.281.